The molecular formula is C13H23N3. The van der Waals surface area contributed by atoms with Crippen LogP contribution in [0.5, 0.6) is 0 Å². The molecule has 0 atom stereocenters. The Hall–Kier alpha value is -0.830. The van der Waals surface area contributed by atoms with Crippen LogP contribution in [0, 0.1) is 0 Å². The molecule has 0 unspecified atom stereocenters. The van der Waals surface area contributed by atoms with E-state index in [1.165, 1.54) is 23.5 Å². The third-order valence-electron chi connectivity index (χ3n) is 3.58. The number of fused-ring (bicyclic) bond motifs is 1. The monoisotopic (exact) mass is 221 g/mol. The van der Waals surface area contributed by atoms with Crippen LogP contribution in [-0.4, -0.2) is 27.3 Å². The Morgan fingerprint density at radius 2 is 1.88 bits per heavy atom. The van der Waals surface area contributed by atoms with Gasteiger partial charge in [0.25, 0.3) is 0 Å². The predicted octanol–water partition coefficient (Wildman–Crippen LogP) is 2.31. The smallest absolute Gasteiger partial charge is 0.0697 e. The zero-order chi connectivity index (χ0) is 11.9. The van der Waals surface area contributed by atoms with E-state index in [9.17, 15) is 0 Å². The van der Waals surface area contributed by atoms with Gasteiger partial charge in [-0.2, -0.15) is 5.10 Å². The van der Waals surface area contributed by atoms with Crippen LogP contribution in [0.2, 0.25) is 0 Å². The molecule has 0 saturated carbocycles. The van der Waals surface area contributed by atoms with Crippen LogP contribution < -0.4 is 0 Å². The first-order chi connectivity index (χ1) is 7.50. The molecule has 16 heavy (non-hydrogen) atoms. The number of nitrogens with zero attached hydrogens (tertiary/aromatic N) is 3. The lowest BCUT2D eigenvalue weighted by atomic mass is 9.98. The van der Waals surface area contributed by atoms with Gasteiger partial charge >= 0.3 is 0 Å². The zero-order valence-corrected chi connectivity index (χ0v) is 11.1. The number of hydrogen-bond acceptors (Lipinski definition) is 2. The minimum atomic E-state index is 0.530. The third kappa shape index (κ3) is 1.88. The molecule has 1 aliphatic rings. The summed E-state index contributed by atoms with van der Waals surface area (Å²) in [4.78, 5) is 2.54. The highest BCUT2D eigenvalue weighted by atomic mass is 15.3. The first-order valence-corrected chi connectivity index (χ1v) is 6.29. The quantitative estimate of drug-likeness (QED) is 0.764. The van der Waals surface area contributed by atoms with Crippen LogP contribution in [0.25, 0.3) is 0 Å². The lowest BCUT2D eigenvalue weighted by molar-refractivity contribution is 0.201. The Morgan fingerprint density at radius 1 is 1.19 bits per heavy atom. The van der Waals surface area contributed by atoms with Gasteiger partial charge in [-0.3, -0.25) is 9.58 Å². The third-order valence-corrected chi connectivity index (χ3v) is 3.58. The van der Waals surface area contributed by atoms with E-state index >= 15 is 0 Å². The molecule has 0 aromatic carbocycles. The minimum absolute atomic E-state index is 0.530. The Bertz CT molecular complexity index is 377. The van der Waals surface area contributed by atoms with Gasteiger partial charge in [0.2, 0.25) is 0 Å². The van der Waals surface area contributed by atoms with Crippen molar-refractivity contribution < 1.29 is 0 Å². The molecule has 0 spiro atoms. The van der Waals surface area contributed by atoms with Gasteiger partial charge < -0.3 is 0 Å². The molecule has 2 rings (SSSR count). The Morgan fingerprint density at radius 3 is 2.44 bits per heavy atom. The average Bonchev–Trinajstić information content (AvgIpc) is 2.56. The lowest BCUT2D eigenvalue weighted by Gasteiger charge is -2.31. The normalized spacial score (nSPS) is 17.2. The zero-order valence-electron chi connectivity index (χ0n) is 11.1. The van der Waals surface area contributed by atoms with Crippen molar-refractivity contribution in [2.45, 2.75) is 52.6 Å². The molecule has 3 nitrogen and oxygen atoms in total. The van der Waals surface area contributed by atoms with E-state index in [0.717, 1.165) is 13.0 Å². The molecule has 0 amide bonds. The molecule has 90 valence electrons. The van der Waals surface area contributed by atoms with Crippen LogP contribution in [0.4, 0.5) is 0 Å². The molecule has 1 aliphatic heterocycles. The van der Waals surface area contributed by atoms with E-state index in [4.69, 9.17) is 0 Å². The highest BCUT2D eigenvalue weighted by molar-refractivity contribution is 5.30. The minimum Gasteiger partial charge on any atom is -0.296 e. The van der Waals surface area contributed by atoms with E-state index in [0.29, 0.717) is 12.0 Å². The van der Waals surface area contributed by atoms with Gasteiger partial charge in [-0.25, -0.2) is 0 Å². The van der Waals surface area contributed by atoms with E-state index in [2.05, 4.69) is 49.4 Å². The Kier molecular flexibility index (Phi) is 3.06. The number of aromatic nitrogens is 2. The van der Waals surface area contributed by atoms with E-state index in [1.807, 2.05) is 0 Å². The molecule has 1 aromatic heterocycles. The van der Waals surface area contributed by atoms with Crippen molar-refractivity contribution in [3.8, 4) is 0 Å². The van der Waals surface area contributed by atoms with Gasteiger partial charge in [0, 0.05) is 43.9 Å². The van der Waals surface area contributed by atoms with Gasteiger partial charge in [0.05, 0.1) is 5.69 Å². The van der Waals surface area contributed by atoms with Crippen molar-refractivity contribution in [2.24, 2.45) is 7.05 Å². The van der Waals surface area contributed by atoms with Crippen LogP contribution >= 0.6 is 0 Å². The highest BCUT2D eigenvalue weighted by Gasteiger charge is 2.25. The standard InChI is InChI=1S/C13H23N3/c1-9(2)13-11-8-16(10(3)4)7-6-12(11)15(5)14-13/h9-10H,6-8H2,1-5H3. The number of rotatable bonds is 2. The molecule has 0 aliphatic carbocycles. The molecule has 0 radical (unpaired) electrons. The first-order valence-electron chi connectivity index (χ1n) is 6.29. The summed E-state index contributed by atoms with van der Waals surface area (Å²) in [5.74, 6) is 0.530. The SMILES string of the molecule is CC(C)c1nn(C)c2c1CN(C(C)C)CC2. The maximum absolute atomic E-state index is 4.68. The molecule has 0 fully saturated rings. The number of aryl methyl sites for hydroxylation is 1. The number of hydrogen-bond donors (Lipinski definition) is 0. The van der Waals surface area contributed by atoms with Crippen LogP contribution in [0.1, 0.15) is 50.6 Å². The second-order valence-corrected chi connectivity index (χ2v) is 5.40. The molecule has 0 saturated heterocycles. The van der Waals surface area contributed by atoms with Crippen molar-refractivity contribution in [1.29, 1.82) is 0 Å². The summed E-state index contributed by atoms with van der Waals surface area (Å²) in [7, 11) is 2.08. The summed E-state index contributed by atoms with van der Waals surface area (Å²) in [6, 6.07) is 0.633. The fourth-order valence-electron chi connectivity index (χ4n) is 2.55. The molecule has 2 heterocycles. The first kappa shape index (κ1) is 11.6. The topological polar surface area (TPSA) is 21.1 Å². The molecular weight excluding hydrogens is 198 g/mol. The van der Waals surface area contributed by atoms with E-state index in [-0.39, 0.29) is 0 Å². The van der Waals surface area contributed by atoms with Crippen LogP contribution in [0.3, 0.4) is 0 Å². The Labute approximate surface area is 98.4 Å². The van der Waals surface area contributed by atoms with Crippen molar-refractivity contribution >= 4 is 0 Å². The van der Waals surface area contributed by atoms with E-state index < -0.39 is 0 Å². The van der Waals surface area contributed by atoms with Gasteiger partial charge in [0.15, 0.2) is 0 Å². The Balaban J connectivity index is 2.35. The summed E-state index contributed by atoms with van der Waals surface area (Å²) in [5.41, 5.74) is 4.22. The average molecular weight is 221 g/mol. The summed E-state index contributed by atoms with van der Waals surface area (Å²) in [6.07, 6.45) is 1.14. The molecule has 1 aromatic rings. The van der Waals surface area contributed by atoms with Crippen LogP contribution in [-0.2, 0) is 20.0 Å². The second kappa shape index (κ2) is 4.21. The van der Waals surface area contributed by atoms with Gasteiger partial charge in [-0.05, 0) is 19.8 Å². The maximum Gasteiger partial charge on any atom is 0.0697 e. The summed E-state index contributed by atoms with van der Waals surface area (Å²) in [5, 5.41) is 4.68. The fourth-order valence-corrected chi connectivity index (χ4v) is 2.55. The van der Waals surface area contributed by atoms with Crippen molar-refractivity contribution in [1.82, 2.24) is 14.7 Å². The lowest BCUT2D eigenvalue weighted by Crippen LogP contribution is -2.36. The summed E-state index contributed by atoms with van der Waals surface area (Å²) < 4.78 is 2.09. The highest BCUT2D eigenvalue weighted by Crippen LogP contribution is 2.27. The largest absolute Gasteiger partial charge is 0.296 e. The van der Waals surface area contributed by atoms with Gasteiger partial charge in [-0.1, -0.05) is 13.8 Å². The van der Waals surface area contributed by atoms with Crippen molar-refractivity contribution in [3.63, 3.8) is 0 Å². The molecule has 0 bridgehead atoms. The van der Waals surface area contributed by atoms with Gasteiger partial charge in [0.1, 0.15) is 0 Å². The summed E-state index contributed by atoms with van der Waals surface area (Å²) >= 11 is 0. The molecule has 3 heteroatoms. The van der Waals surface area contributed by atoms with Crippen LogP contribution in [0.15, 0.2) is 0 Å². The predicted molar refractivity (Wildman–Crippen MR) is 66.5 cm³/mol. The van der Waals surface area contributed by atoms with Crippen molar-refractivity contribution in [2.75, 3.05) is 6.54 Å². The van der Waals surface area contributed by atoms with Gasteiger partial charge in [-0.15, -0.1) is 0 Å². The second-order valence-electron chi connectivity index (χ2n) is 5.40. The van der Waals surface area contributed by atoms with E-state index in [1.54, 1.807) is 0 Å². The van der Waals surface area contributed by atoms with Crippen molar-refractivity contribution in [3.05, 3.63) is 17.0 Å². The molecule has 0 N–H and O–H groups in total. The maximum atomic E-state index is 4.68. The fraction of sp³-hybridized carbons (Fsp3) is 0.769. The summed E-state index contributed by atoms with van der Waals surface area (Å²) in [6.45, 7) is 11.3.